The molecule has 0 aliphatic heterocycles. The first-order valence-electron chi connectivity index (χ1n) is 6.74. The molecule has 1 saturated carbocycles. The zero-order valence-electron chi connectivity index (χ0n) is 11.2. The van der Waals surface area contributed by atoms with E-state index < -0.39 is 0 Å². The van der Waals surface area contributed by atoms with E-state index in [1.807, 2.05) is 6.07 Å². The Balaban J connectivity index is 2.14. The Morgan fingerprint density at radius 2 is 2.11 bits per heavy atom. The van der Waals surface area contributed by atoms with Crippen LogP contribution in [0.15, 0.2) is 22.7 Å². The van der Waals surface area contributed by atoms with Gasteiger partial charge in [0, 0.05) is 10.5 Å². The average Bonchev–Trinajstić information content (AvgIpc) is 2.40. The molecule has 0 spiro atoms. The van der Waals surface area contributed by atoms with Gasteiger partial charge in [-0.25, -0.2) is 0 Å². The van der Waals surface area contributed by atoms with Crippen LogP contribution >= 0.6 is 15.9 Å². The van der Waals surface area contributed by atoms with Crippen LogP contribution in [-0.2, 0) is 6.42 Å². The van der Waals surface area contributed by atoms with E-state index in [0.717, 1.165) is 22.6 Å². The molecule has 1 aliphatic rings. The minimum absolute atomic E-state index is 0.655. The lowest BCUT2D eigenvalue weighted by Gasteiger charge is -2.31. The molecule has 2 nitrogen and oxygen atoms in total. The summed E-state index contributed by atoms with van der Waals surface area (Å²) in [7, 11) is 3.84. The van der Waals surface area contributed by atoms with Crippen molar-refractivity contribution in [3.8, 4) is 5.75 Å². The molecule has 18 heavy (non-hydrogen) atoms. The van der Waals surface area contributed by atoms with Gasteiger partial charge in [0.1, 0.15) is 5.75 Å². The van der Waals surface area contributed by atoms with Gasteiger partial charge < -0.3 is 10.1 Å². The molecule has 3 heteroatoms. The minimum Gasteiger partial charge on any atom is -0.496 e. The Kier molecular flexibility index (Phi) is 5.07. The number of methoxy groups -OCH3 is 1. The summed E-state index contributed by atoms with van der Waals surface area (Å²) in [6, 6.07) is 6.94. The Labute approximate surface area is 118 Å². The molecule has 2 unspecified atom stereocenters. The Morgan fingerprint density at radius 3 is 2.83 bits per heavy atom. The summed E-state index contributed by atoms with van der Waals surface area (Å²) < 4.78 is 6.60. The van der Waals surface area contributed by atoms with Crippen LogP contribution in [-0.4, -0.2) is 20.2 Å². The molecule has 0 saturated heterocycles. The van der Waals surface area contributed by atoms with Gasteiger partial charge >= 0.3 is 0 Å². The molecule has 100 valence electrons. The van der Waals surface area contributed by atoms with Crippen molar-refractivity contribution < 1.29 is 4.74 Å². The highest BCUT2D eigenvalue weighted by atomic mass is 79.9. The zero-order chi connectivity index (χ0) is 13.0. The fourth-order valence-electron chi connectivity index (χ4n) is 3.02. The maximum absolute atomic E-state index is 5.47. The lowest BCUT2D eigenvalue weighted by molar-refractivity contribution is 0.270. The lowest BCUT2D eigenvalue weighted by atomic mass is 9.80. The first-order valence-corrected chi connectivity index (χ1v) is 7.53. The third kappa shape index (κ3) is 3.27. The van der Waals surface area contributed by atoms with Crippen molar-refractivity contribution in [3.05, 3.63) is 28.2 Å². The predicted octanol–water partition coefficient (Wildman–Crippen LogP) is 3.78. The highest BCUT2D eigenvalue weighted by Gasteiger charge is 2.24. The number of rotatable bonds is 4. The van der Waals surface area contributed by atoms with Crippen LogP contribution in [0.4, 0.5) is 0 Å². The lowest BCUT2D eigenvalue weighted by Crippen LogP contribution is -2.37. The summed E-state index contributed by atoms with van der Waals surface area (Å²) in [5, 5.41) is 3.47. The topological polar surface area (TPSA) is 21.3 Å². The van der Waals surface area contributed by atoms with E-state index in [9.17, 15) is 0 Å². The summed E-state index contributed by atoms with van der Waals surface area (Å²) in [6.45, 7) is 0. The molecule has 0 bridgehead atoms. The van der Waals surface area contributed by atoms with Crippen molar-refractivity contribution in [1.82, 2.24) is 5.32 Å². The second-order valence-electron chi connectivity index (χ2n) is 5.10. The van der Waals surface area contributed by atoms with Crippen LogP contribution in [0.1, 0.15) is 31.2 Å². The third-order valence-electron chi connectivity index (χ3n) is 4.00. The number of hydrogen-bond donors (Lipinski definition) is 1. The minimum atomic E-state index is 0.655. The smallest absolute Gasteiger partial charge is 0.122 e. The first kappa shape index (κ1) is 13.9. The van der Waals surface area contributed by atoms with Crippen molar-refractivity contribution in [1.29, 1.82) is 0 Å². The van der Waals surface area contributed by atoms with Crippen molar-refractivity contribution in [3.63, 3.8) is 0 Å². The molecule has 1 aromatic rings. The van der Waals surface area contributed by atoms with Gasteiger partial charge in [-0.05, 0) is 56.0 Å². The molecule has 0 heterocycles. The second-order valence-corrected chi connectivity index (χ2v) is 6.02. The van der Waals surface area contributed by atoms with E-state index in [0.29, 0.717) is 6.04 Å². The van der Waals surface area contributed by atoms with Crippen molar-refractivity contribution in [2.45, 2.75) is 38.1 Å². The van der Waals surface area contributed by atoms with Crippen LogP contribution in [0.5, 0.6) is 5.75 Å². The highest BCUT2D eigenvalue weighted by molar-refractivity contribution is 9.10. The molecule has 1 aromatic carbocycles. The number of ether oxygens (including phenoxy) is 1. The van der Waals surface area contributed by atoms with Crippen LogP contribution in [0.3, 0.4) is 0 Å². The standard InChI is InChI=1S/C15H22BrNO/c1-17-14-6-4-3-5-11(14)9-12-10-13(16)7-8-15(12)18-2/h7-8,10-11,14,17H,3-6,9H2,1-2H3. The van der Waals surface area contributed by atoms with Crippen molar-refractivity contribution >= 4 is 15.9 Å². The summed E-state index contributed by atoms with van der Waals surface area (Å²) in [5.41, 5.74) is 1.32. The molecule has 1 N–H and O–H groups in total. The van der Waals surface area contributed by atoms with Gasteiger partial charge in [0.05, 0.1) is 7.11 Å². The molecule has 0 aromatic heterocycles. The molecule has 0 radical (unpaired) electrons. The second kappa shape index (κ2) is 6.58. The van der Waals surface area contributed by atoms with Gasteiger partial charge in [-0.3, -0.25) is 0 Å². The monoisotopic (exact) mass is 311 g/mol. The molecule has 1 aliphatic carbocycles. The molecular weight excluding hydrogens is 290 g/mol. The van der Waals surface area contributed by atoms with Gasteiger partial charge in [-0.2, -0.15) is 0 Å². The SMILES string of the molecule is CNC1CCCCC1Cc1cc(Br)ccc1OC. The van der Waals surface area contributed by atoms with E-state index >= 15 is 0 Å². The molecule has 0 amide bonds. The molecular formula is C15H22BrNO. The van der Waals surface area contributed by atoms with E-state index in [4.69, 9.17) is 4.74 Å². The quantitative estimate of drug-likeness (QED) is 0.913. The average molecular weight is 312 g/mol. The van der Waals surface area contributed by atoms with E-state index in [-0.39, 0.29) is 0 Å². The summed E-state index contributed by atoms with van der Waals surface area (Å²) >= 11 is 3.55. The van der Waals surface area contributed by atoms with E-state index in [1.165, 1.54) is 31.2 Å². The molecule has 2 rings (SSSR count). The van der Waals surface area contributed by atoms with Gasteiger partial charge in [-0.15, -0.1) is 0 Å². The van der Waals surface area contributed by atoms with Crippen LogP contribution < -0.4 is 10.1 Å². The molecule has 1 fully saturated rings. The first-order chi connectivity index (χ1) is 8.74. The fourth-order valence-corrected chi connectivity index (χ4v) is 3.43. The third-order valence-corrected chi connectivity index (χ3v) is 4.50. The Bertz CT molecular complexity index is 394. The van der Waals surface area contributed by atoms with Gasteiger partial charge in [0.2, 0.25) is 0 Å². The normalized spacial score (nSPS) is 23.9. The summed E-state index contributed by atoms with van der Waals surface area (Å²) in [6.07, 6.45) is 6.45. The fraction of sp³-hybridized carbons (Fsp3) is 0.600. The van der Waals surface area contributed by atoms with Gasteiger partial charge in [0.15, 0.2) is 0 Å². The van der Waals surface area contributed by atoms with Crippen LogP contribution in [0.2, 0.25) is 0 Å². The van der Waals surface area contributed by atoms with Crippen LogP contribution in [0, 0.1) is 5.92 Å². The van der Waals surface area contributed by atoms with Gasteiger partial charge in [-0.1, -0.05) is 28.8 Å². The van der Waals surface area contributed by atoms with Crippen LogP contribution in [0.25, 0.3) is 0 Å². The summed E-state index contributed by atoms with van der Waals surface area (Å²) in [5.74, 6) is 1.74. The molecule has 2 atom stereocenters. The Morgan fingerprint density at radius 1 is 1.33 bits per heavy atom. The highest BCUT2D eigenvalue weighted by Crippen LogP contribution is 2.31. The number of benzene rings is 1. The number of nitrogens with one attached hydrogen (secondary N) is 1. The van der Waals surface area contributed by atoms with Gasteiger partial charge in [0.25, 0.3) is 0 Å². The maximum atomic E-state index is 5.47. The number of hydrogen-bond acceptors (Lipinski definition) is 2. The largest absolute Gasteiger partial charge is 0.496 e. The zero-order valence-corrected chi connectivity index (χ0v) is 12.8. The predicted molar refractivity (Wildman–Crippen MR) is 79.2 cm³/mol. The van der Waals surface area contributed by atoms with Crippen molar-refractivity contribution in [2.75, 3.05) is 14.2 Å². The van der Waals surface area contributed by atoms with E-state index in [2.05, 4.69) is 40.4 Å². The van der Waals surface area contributed by atoms with E-state index in [1.54, 1.807) is 7.11 Å². The summed E-state index contributed by atoms with van der Waals surface area (Å²) in [4.78, 5) is 0. The van der Waals surface area contributed by atoms with Crippen molar-refractivity contribution in [2.24, 2.45) is 5.92 Å². The maximum Gasteiger partial charge on any atom is 0.122 e. The Hall–Kier alpha value is -0.540. The number of halogens is 1.